The summed E-state index contributed by atoms with van der Waals surface area (Å²) in [5, 5.41) is 0. The van der Waals surface area contributed by atoms with Crippen molar-refractivity contribution >= 4 is 29.3 Å². The molecule has 0 unspecified atom stereocenters. The lowest BCUT2D eigenvalue weighted by Crippen LogP contribution is -2.40. The number of hydrogen-bond donors (Lipinski definition) is 0. The van der Waals surface area contributed by atoms with Crippen LogP contribution in [0, 0.1) is 0 Å². The number of methoxy groups -OCH3 is 1. The maximum absolute atomic E-state index is 13.0. The minimum absolute atomic E-state index is 0.316. The number of carbonyl (C=O) groups is 1. The minimum Gasteiger partial charge on any atom is -0.465 e. The summed E-state index contributed by atoms with van der Waals surface area (Å²) in [6.07, 6.45) is 5.08. The highest BCUT2D eigenvalue weighted by molar-refractivity contribution is 5.89. The Balaban J connectivity index is 2.08. The molecule has 0 bridgehead atoms. The Hall–Kier alpha value is -3.42. The van der Waals surface area contributed by atoms with Crippen LogP contribution in [0.25, 0.3) is 23.3 Å². The maximum atomic E-state index is 13.0. The van der Waals surface area contributed by atoms with Gasteiger partial charge in [0.05, 0.1) is 12.7 Å². The zero-order valence-corrected chi connectivity index (χ0v) is 17.7. The van der Waals surface area contributed by atoms with E-state index < -0.39 is 5.97 Å². The van der Waals surface area contributed by atoms with Crippen LogP contribution >= 0.6 is 0 Å². The van der Waals surface area contributed by atoms with Gasteiger partial charge in [-0.3, -0.25) is 13.9 Å². The molecule has 0 amide bonds. The van der Waals surface area contributed by atoms with Crippen molar-refractivity contribution in [3.8, 4) is 0 Å². The van der Waals surface area contributed by atoms with Gasteiger partial charge in [-0.2, -0.15) is 0 Å². The van der Waals surface area contributed by atoms with Crippen LogP contribution in [0.4, 0.5) is 0 Å². The van der Waals surface area contributed by atoms with Gasteiger partial charge in [-0.05, 0) is 36.6 Å². The van der Waals surface area contributed by atoms with E-state index in [0.29, 0.717) is 42.1 Å². The van der Waals surface area contributed by atoms with Gasteiger partial charge in [-0.1, -0.05) is 32.1 Å². The first-order chi connectivity index (χ1) is 14.4. The molecule has 3 aromatic rings. The van der Waals surface area contributed by atoms with Crippen molar-refractivity contribution < 1.29 is 9.53 Å². The molecule has 0 aliphatic carbocycles. The van der Waals surface area contributed by atoms with Crippen LogP contribution in [-0.2, 0) is 24.9 Å². The number of fused-ring (bicyclic) bond motifs is 1. The standard InChI is InChI=1S/C22H26N4O4/c1-5-13-25-19-18(20(27)26(14-6-2)22(25)29)24(3)17(23-19)12-9-15-7-10-16(11-8-15)21(28)30-4/h7-12H,5-6,13-14H2,1-4H3/b12-9+. The SMILES string of the molecule is CCCn1c(=O)c2c(nc(/C=C/c3ccc(C(=O)OC)cc3)n2C)n(CCC)c1=O. The highest BCUT2D eigenvalue weighted by Crippen LogP contribution is 2.14. The molecular weight excluding hydrogens is 384 g/mol. The van der Waals surface area contributed by atoms with E-state index >= 15 is 0 Å². The molecule has 0 radical (unpaired) electrons. The highest BCUT2D eigenvalue weighted by Gasteiger charge is 2.18. The molecule has 0 saturated heterocycles. The number of benzene rings is 1. The van der Waals surface area contributed by atoms with Crippen molar-refractivity contribution in [1.29, 1.82) is 0 Å². The number of esters is 1. The number of aromatic nitrogens is 4. The number of rotatable bonds is 7. The van der Waals surface area contributed by atoms with Crippen LogP contribution in [-0.4, -0.2) is 31.8 Å². The number of hydrogen-bond acceptors (Lipinski definition) is 5. The first kappa shape index (κ1) is 21.3. The predicted molar refractivity (Wildman–Crippen MR) is 117 cm³/mol. The number of nitrogens with zero attached hydrogens (tertiary/aromatic N) is 4. The van der Waals surface area contributed by atoms with Crippen LogP contribution in [0.5, 0.6) is 0 Å². The van der Waals surface area contributed by atoms with E-state index in [0.717, 1.165) is 12.0 Å². The molecule has 0 fully saturated rings. The summed E-state index contributed by atoms with van der Waals surface area (Å²) < 4.78 is 9.29. The van der Waals surface area contributed by atoms with E-state index in [1.165, 1.54) is 11.7 Å². The van der Waals surface area contributed by atoms with Gasteiger partial charge in [0.15, 0.2) is 11.2 Å². The summed E-state index contributed by atoms with van der Waals surface area (Å²) in [5.41, 5.74) is 1.52. The number of aryl methyl sites for hydroxylation is 2. The fourth-order valence-corrected chi connectivity index (χ4v) is 3.39. The molecule has 0 spiro atoms. The lowest BCUT2D eigenvalue weighted by Gasteiger charge is -2.10. The van der Waals surface area contributed by atoms with Gasteiger partial charge >= 0.3 is 11.7 Å². The van der Waals surface area contributed by atoms with Crippen LogP contribution in [0.2, 0.25) is 0 Å². The molecule has 158 valence electrons. The summed E-state index contributed by atoms with van der Waals surface area (Å²) in [4.78, 5) is 41.9. The summed E-state index contributed by atoms with van der Waals surface area (Å²) in [6, 6.07) is 6.96. The Morgan fingerprint density at radius 2 is 1.67 bits per heavy atom. The molecule has 2 heterocycles. The van der Waals surface area contributed by atoms with Crippen LogP contribution in [0.15, 0.2) is 33.9 Å². The third-order valence-electron chi connectivity index (χ3n) is 4.93. The lowest BCUT2D eigenvalue weighted by molar-refractivity contribution is 0.0600. The average molecular weight is 410 g/mol. The zero-order chi connectivity index (χ0) is 21.8. The maximum Gasteiger partial charge on any atom is 0.337 e. The molecule has 0 atom stereocenters. The first-order valence-electron chi connectivity index (χ1n) is 9.99. The van der Waals surface area contributed by atoms with Gasteiger partial charge in [0.25, 0.3) is 5.56 Å². The van der Waals surface area contributed by atoms with Gasteiger partial charge < -0.3 is 9.30 Å². The van der Waals surface area contributed by atoms with Gasteiger partial charge in [0.1, 0.15) is 5.82 Å². The van der Waals surface area contributed by atoms with Gasteiger partial charge in [0.2, 0.25) is 0 Å². The highest BCUT2D eigenvalue weighted by atomic mass is 16.5. The molecule has 30 heavy (non-hydrogen) atoms. The van der Waals surface area contributed by atoms with Gasteiger partial charge in [0, 0.05) is 20.1 Å². The van der Waals surface area contributed by atoms with Crippen LogP contribution in [0.3, 0.4) is 0 Å². The Morgan fingerprint density at radius 3 is 2.27 bits per heavy atom. The Kier molecular flexibility index (Phi) is 6.34. The van der Waals surface area contributed by atoms with Crippen molar-refractivity contribution in [3.05, 3.63) is 62.1 Å². The minimum atomic E-state index is -0.391. The third kappa shape index (κ3) is 3.85. The van der Waals surface area contributed by atoms with Crippen molar-refractivity contribution in [1.82, 2.24) is 18.7 Å². The zero-order valence-electron chi connectivity index (χ0n) is 17.7. The van der Waals surface area contributed by atoms with Gasteiger partial charge in [-0.15, -0.1) is 0 Å². The summed E-state index contributed by atoms with van der Waals surface area (Å²) >= 11 is 0. The fraction of sp³-hybridized carbons (Fsp3) is 0.364. The predicted octanol–water partition coefficient (Wildman–Crippen LogP) is 2.67. The molecule has 0 N–H and O–H groups in total. The number of imidazole rings is 1. The van der Waals surface area contributed by atoms with Crippen molar-refractivity contribution in [2.24, 2.45) is 7.05 Å². The first-order valence-corrected chi connectivity index (χ1v) is 9.99. The molecule has 8 nitrogen and oxygen atoms in total. The second-order valence-corrected chi connectivity index (χ2v) is 7.04. The Labute approximate surface area is 174 Å². The molecular formula is C22H26N4O4. The third-order valence-corrected chi connectivity index (χ3v) is 4.93. The van der Waals surface area contributed by atoms with Crippen LogP contribution < -0.4 is 11.2 Å². The topological polar surface area (TPSA) is 88.1 Å². The lowest BCUT2D eigenvalue weighted by atomic mass is 10.1. The molecule has 3 rings (SSSR count). The van der Waals surface area contributed by atoms with E-state index in [2.05, 4.69) is 4.98 Å². The summed E-state index contributed by atoms with van der Waals surface area (Å²) in [7, 11) is 3.11. The Morgan fingerprint density at radius 1 is 1.03 bits per heavy atom. The molecule has 0 aliphatic rings. The molecule has 8 heteroatoms. The number of ether oxygens (including phenoxy) is 1. The van der Waals surface area contributed by atoms with Crippen molar-refractivity contribution in [3.63, 3.8) is 0 Å². The second kappa shape index (κ2) is 8.94. The fourth-order valence-electron chi connectivity index (χ4n) is 3.39. The molecule has 2 aromatic heterocycles. The average Bonchev–Trinajstić information content (AvgIpc) is 3.08. The van der Waals surface area contributed by atoms with E-state index in [-0.39, 0.29) is 11.2 Å². The molecule has 0 saturated carbocycles. The smallest absolute Gasteiger partial charge is 0.337 e. The van der Waals surface area contributed by atoms with Crippen molar-refractivity contribution in [2.45, 2.75) is 39.8 Å². The monoisotopic (exact) mass is 410 g/mol. The van der Waals surface area contributed by atoms with E-state index in [1.54, 1.807) is 46.5 Å². The number of carbonyl (C=O) groups excluding carboxylic acids is 1. The summed E-state index contributed by atoms with van der Waals surface area (Å²) in [6.45, 7) is 4.78. The normalized spacial score (nSPS) is 11.5. The van der Waals surface area contributed by atoms with E-state index in [4.69, 9.17) is 4.74 Å². The van der Waals surface area contributed by atoms with E-state index in [9.17, 15) is 14.4 Å². The van der Waals surface area contributed by atoms with E-state index in [1.807, 2.05) is 19.9 Å². The van der Waals surface area contributed by atoms with Gasteiger partial charge in [-0.25, -0.2) is 14.6 Å². The Bertz CT molecular complexity index is 1210. The molecule has 1 aromatic carbocycles. The second-order valence-electron chi connectivity index (χ2n) is 7.04. The quantitative estimate of drug-likeness (QED) is 0.559. The van der Waals surface area contributed by atoms with Crippen molar-refractivity contribution in [2.75, 3.05) is 7.11 Å². The largest absolute Gasteiger partial charge is 0.465 e. The van der Waals surface area contributed by atoms with Crippen LogP contribution in [0.1, 0.15) is 48.4 Å². The summed E-state index contributed by atoms with van der Waals surface area (Å²) in [5.74, 6) is 0.177. The molecule has 0 aliphatic heterocycles.